The molecule has 1 amide bonds. The number of imidazole rings is 1. The van der Waals surface area contributed by atoms with Crippen molar-refractivity contribution < 1.29 is 4.79 Å². The van der Waals surface area contributed by atoms with E-state index in [4.69, 9.17) is 5.73 Å². The van der Waals surface area contributed by atoms with Crippen LogP contribution in [0.5, 0.6) is 0 Å². The fourth-order valence-corrected chi connectivity index (χ4v) is 4.50. The number of carbonyl (C=O) groups excluding carboxylic acids is 1. The third-order valence-corrected chi connectivity index (χ3v) is 6.07. The van der Waals surface area contributed by atoms with Gasteiger partial charge in [0.05, 0.1) is 10.6 Å². The standard InChI is InChI=1S/C18H19N7OS2/c1-11-8-12(2)25-9-13(21-17(25)20-11)10-28-18-23-22-16(14-4-3-7-27-14)24(18)6-5-15(19)26/h3-4,7-9H,5-6,10H2,1-2H3,(H2,19,26). The Kier molecular flexibility index (Phi) is 5.14. The minimum atomic E-state index is -0.348. The van der Waals surface area contributed by atoms with E-state index < -0.39 is 0 Å². The number of carbonyl (C=O) groups is 1. The van der Waals surface area contributed by atoms with E-state index in [0.717, 1.165) is 32.9 Å². The molecule has 8 nitrogen and oxygen atoms in total. The van der Waals surface area contributed by atoms with Crippen molar-refractivity contribution in [1.29, 1.82) is 0 Å². The smallest absolute Gasteiger partial charge is 0.234 e. The average molecular weight is 414 g/mol. The number of fused-ring (bicyclic) bond motifs is 1. The van der Waals surface area contributed by atoms with Crippen LogP contribution in [0.2, 0.25) is 0 Å². The van der Waals surface area contributed by atoms with Crippen LogP contribution in [0, 0.1) is 13.8 Å². The highest BCUT2D eigenvalue weighted by atomic mass is 32.2. The van der Waals surface area contributed by atoms with Gasteiger partial charge >= 0.3 is 0 Å². The van der Waals surface area contributed by atoms with E-state index in [2.05, 4.69) is 20.2 Å². The maximum absolute atomic E-state index is 11.3. The van der Waals surface area contributed by atoms with Crippen molar-refractivity contribution in [3.63, 3.8) is 0 Å². The fraction of sp³-hybridized carbons (Fsp3) is 0.278. The van der Waals surface area contributed by atoms with Gasteiger partial charge in [-0.05, 0) is 31.4 Å². The zero-order chi connectivity index (χ0) is 19.7. The lowest BCUT2D eigenvalue weighted by molar-refractivity contribution is -0.118. The Morgan fingerprint density at radius 1 is 1.29 bits per heavy atom. The van der Waals surface area contributed by atoms with E-state index in [9.17, 15) is 4.79 Å². The Balaban J connectivity index is 1.59. The summed E-state index contributed by atoms with van der Waals surface area (Å²) in [6.07, 6.45) is 2.23. The number of thioether (sulfide) groups is 1. The number of hydrogen-bond donors (Lipinski definition) is 1. The van der Waals surface area contributed by atoms with Gasteiger partial charge < -0.3 is 10.3 Å². The van der Waals surface area contributed by atoms with Crippen LogP contribution in [0.25, 0.3) is 16.5 Å². The average Bonchev–Trinajstić information content (AvgIpc) is 3.36. The summed E-state index contributed by atoms with van der Waals surface area (Å²) in [5.74, 6) is 1.73. The van der Waals surface area contributed by atoms with Gasteiger partial charge in [0.2, 0.25) is 11.7 Å². The second-order valence-corrected chi connectivity index (χ2v) is 8.27. The van der Waals surface area contributed by atoms with Crippen LogP contribution in [-0.2, 0) is 17.1 Å². The molecule has 4 rings (SSSR count). The molecular weight excluding hydrogens is 394 g/mol. The van der Waals surface area contributed by atoms with Crippen LogP contribution in [0.3, 0.4) is 0 Å². The first kappa shape index (κ1) is 18.6. The molecule has 0 spiro atoms. The van der Waals surface area contributed by atoms with Gasteiger partial charge in [0.15, 0.2) is 11.0 Å². The molecule has 144 valence electrons. The molecule has 0 unspecified atom stereocenters. The molecule has 10 heteroatoms. The summed E-state index contributed by atoms with van der Waals surface area (Å²) in [6, 6.07) is 5.98. The SMILES string of the molecule is Cc1cc(C)n2cc(CSc3nnc(-c4cccs4)n3CCC(N)=O)nc2n1. The van der Waals surface area contributed by atoms with Crippen molar-refractivity contribution >= 4 is 34.8 Å². The molecule has 0 atom stereocenters. The zero-order valence-corrected chi connectivity index (χ0v) is 17.1. The van der Waals surface area contributed by atoms with E-state index in [-0.39, 0.29) is 12.3 Å². The van der Waals surface area contributed by atoms with Crippen molar-refractivity contribution in [2.45, 2.75) is 37.7 Å². The normalized spacial score (nSPS) is 11.4. The Labute approximate surface area is 169 Å². The van der Waals surface area contributed by atoms with Crippen molar-refractivity contribution in [1.82, 2.24) is 29.1 Å². The molecule has 0 aliphatic heterocycles. The second kappa shape index (κ2) is 7.72. The third-order valence-electron chi connectivity index (χ3n) is 4.20. The Bertz CT molecular complexity index is 1130. The predicted octanol–water partition coefficient (Wildman–Crippen LogP) is 2.83. The van der Waals surface area contributed by atoms with Gasteiger partial charge in [-0.1, -0.05) is 17.8 Å². The topological polar surface area (TPSA) is 104 Å². The molecule has 0 aromatic carbocycles. The minimum absolute atomic E-state index is 0.237. The maximum atomic E-state index is 11.3. The number of aromatic nitrogens is 6. The van der Waals surface area contributed by atoms with Gasteiger partial charge in [-0.3, -0.25) is 9.20 Å². The summed E-state index contributed by atoms with van der Waals surface area (Å²) in [5.41, 5.74) is 8.30. The molecule has 4 heterocycles. The summed E-state index contributed by atoms with van der Waals surface area (Å²) < 4.78 is 3.93. The number of nitrogens with two attached hydrogens (primary N) is 1. The van der Waals surface area contributed by atoms with Crippen molar-refractivity contribution in [2.75, 3.05) is 0 Å². The lowest BCUT2D eigenvalue weighted by atomic mass is 10.3. The van der Waals surface area contributed by atoms with E-state index in [0.29, 0.717) is 18.1 Å². The number of thiophene rings is 1. The quantitative estimate of drug-likeness (QED) is 0.467. The molecule has 0 aliphatic rings. The third kappa shape index (κ3) is 3.78. The minimum Gasteiger partial charge on any atom is -0.370 e. The van der Waals surface area contributed by atoms with E-state index in [1.54, 1.807) is 11.3 Å². The van der Waals surface area contributed by atoms with Gasteiger partial charge in [0, 0.05) is 36.3 Å². The van der Waals surface area contributed by atoms with E-state index in [1.165, 1.54) is 11.8 Å². The van der Waals surface area contributed by atoms with Crippen molar-refractivity contribution in [2.24, 2.45) is 5.73 Å². The van der Waals surface area contributed by atoms with Crippen LogP contribution in [-0.4, -0.2) is 35.0 Å². The first-order valence-corrected chi connectivity index (χ1v) is 10.6. The highest BCUT2D eigenvalue weighted by Crippen LogP contribution is 2.29. The van der Waals surface area contributed by atoms with Crippen LogP contribution in [0.4, 0.5) is 0 Å². The largest absolute Gasteiger partial charge is 0.370 e. The molecule has 0 aliphatic carbocycles. The molecule has 0 saturated carbocycles. The van der Waals surface area contributed by atoms with Crippen LogP contribution >= 0.6 is 23.1 Å². The molecule has 0 radical (unpaired) electrons. The molecule has 4 aromatic rings. The lowest BCUT2D eigenvalue weighted by Crippen LogP contribution is -2.14. The number of primary amides is 1. The highest BCUT2D eigenvalue weighted by Gasteiger charge is 2.16. The first-order chi connectivity index (χ1) is 13.5. The van der Waals surface area contributed by atoms with E-state index >= 15 is 0 Å². The van der Waals surface area contributed by atoms with Crippen LogP contribution < -0.4 is 5.73 Å². The second-order valence-electron chi connectivity index (χ2n) is 6.38. The number of rotatable bonds is 7. The fourth-order valence-electron chi connectivity index (χ4n) is 2.93. The number of nitrogens with zero attached hydrogens (tertiary/aromatic N) is 6. The Morgan fingerprint density at radius 2 is 2.14 bits per heavy atom. The summed E-state index contributed by atoms with van der Waals surface area (Å²) in [6.45, 7) is 4.44. The molecule has 28 heavy (non-hydrogen) atoms. The molecule has 0 bridgehead atoms. The zero-order valence-electron chi connectivity index (χ0n) is 15.5. The van der Waals surface area contributed by atoms with Gasteiger partial charge in [-0.25, -0.2) is 9.97 Å². The Hall–Kier alpha value is -2.72. The molecule has 4 aromatic heterocycles. The van der Waals surface area contributed by atoms with Gasteiger partial charge in [0.1, 0.15) is 0 Å². The van der Waals surface area contributed by atoms with E-state index in [1.807, 2.05) is 52.6 Å². The van der Waals surface area contributed by atoms with Crippen molar-refractivity contribution in [3.8, 4) is 10.7 Å². The summed E-state index contributed by atoms with van der Waals surface area (Å²) in [7, 11) is 0. The summed E-state index contributed by atoms with van der Waals surface area (Å²) >= 11 is 3.12. The Morgan fingerprint density at radius 3 is 2.89 bits per heavy atom. The molecule has 0 fully saturated rings. The van der Waals surface area contributed by atoms with Gasteiger partial charge in [0.25, 0.3) is 0 Å². The van der Waals surface area contributed by atoms with Gasteiger partial charge in [-0.2, -0.15) is 0 Å². The first-order valence-electron chi connectivity index (χ1n) is 8.71. The molecule has 0 saturated heterocycles. The maximum Gasteiger partial charge on any atom is 0.234 e. The van der Waals surface area contributed by atoms with Gasteiger partial charge in [-0.15, -0.1) is 21.5 Å². The lowest BCUT2D eigenvalue weighted by Gasteiger charge is -2.07. The highest BCUT2D eigenvalue weighted by molar-refractivity contribution is 7.98. The summed E-state index contributed by atoms with van der Waals surface area (Å²) in [5, 5.41) is 11.4. The monoisotopic (exact) mass is 413 g/mol. The molecular formula is C18H19N7OS2. The number of aryl methyl sites for hydroxylation is 2. The van der Waals surface area contributed by atoms with Crippen LogP contribution in [0.1, 0.15) is 23.5 Å². The predicted molar refractivity (Wildman–Crippen MR) is 109 cm³/mol. The van der Waals surface area contributed by atoms with Crippen molar-refractivity contribution in [3.05, 3.63) is 46.9 Å². The molecule has 2 N–H and O–H groups in total. The number of hydrogen-bond acceptors (Lipinski definition) is 7. The van der Waals surface area contributed by atoms with Crippen LogP contribution in [0.15, 0.2) is 34.9 Å². The number of amides is 1. The summed E-state index contributed by atoms with van der Waals surface area (Å²) in [4.78, 5) is 21.4.